The summed E-state index contributed by atoms with van der Waals surface area (Å²) >= 11 is 1.11. The van der Waals surface area contributed by atoms with Crippen LogP contribution in [0.25, 0.3) is 0 Å². The molecule has 1 amide bonds. The summed E-state index contributed by atoms with van der Waals surface area (Å²) in [5.74, 6) is -0.953. The summed E-state index contributed by atoms with van der Waals surface area (Å²) in [7, 11) is -3.65. The number of anilines is 2. The number of thiophene rings is 1. The zero-order chi connectivity index (χ0) is 21.6. The van der Waals surface area contributed by atoms with E-state index in [1.165, 1.54) is 42.5 Å². The fourth-order valence-corrected chi connectivity index (χ4v) is 4.62. The number of benzene rings is 2. The van der Waals surface area contributed by atoms with Crippen LogP contribution in [0.3, 0.4) is 0 Å². The smallest absolute Gasteiger partial charge is 0.271 e. The molecule has 10 heteroatoms. The lowest BCUT2D eigenvalue weighted by Crippen LogP contribution is -2.28. The molecule has 0 atom stereocenters. The Balaban J connectivity index is 1.52. The predicted octanol–water partition coefficient (Wildman–Crippen LogP) is 3.40. The largest absolute Gasteiger partial charge is 0.382 e. The van der Waals surface area contributed by atoms with Crippen LogP contribution in [0.2, 0.25) is 0 Å². The van der Waals surface area contributed by atoms with E-state index in [4.69, 9.17) is 5.26 Å². The Labute approximate surface area is 177 Å². The molecule has 3 N–H and O–H groups in total. The zero-order valence-electron chi connectivity index (χ0n) is 15.6. The number of nitriles is 1. The summed E-state index contributed by atoms with van der Waals surface area (Å²) < 4.78 is 40.6. The number of amides is 1. The third-order valence-corrected chi connectivity index (χ3v) is 6.79. The van der Waals surface area contributed by atoms with Crippen LogP contribution >= 0.6 is 11.3 Å². The molecule has 2 aromatic carbocycles. The standard InChI is InChI=1S/C20H17FN4O3S2/c21-17-3-1-4-18(16(17)13-22)23-10-11-24-20(26)14-6-8-15(9-7-14)25-30(27,28)19-5-2-12-29-19/h1-9,12,23,25H,10-11H2,(H,24,26). The number of rotatable bonds is 8. The highest BCUT2D eigenvalue weighted by atomic mass is 32.2. The Hall–Kier alpha value is -3.42. The average molecular weight is 445 g/mol. The summed E-state index contributed by atoms with van der Waals surface area (Å²) in [6, 6.07) is 15.3. The summed E-state index contributed by atoms with van der Waals surface area (Å²) in [5.41, 5.74) is 0.979. The number of sulfonamides is 1. The van der Waals surface area contributed by atoms with Gasteiger partial charge < -0.3 is 10.6 Å². The van der Waals surface area contributed by atoms with E-state index in [-0.39, 0.29) is 22.2 Å². The Morgan fingerprint density at radius 1 is 1.07 bits per heavy atom. The van der Waals surface area contributed by atoms with Gasteiger partial charge in [-0.25, -0.2) is 12.8 Å². The van der Waals surface area contributed by atoms with Crippen LogP contribution in [0, 0.1) is 17.1 Å². The van der Waals surface area contributed by atoms with Crippen molar-refractivity contribution in [1.82, 2.24) is 5.32 Å². The third kappa shape index (κ3) is 5.14. The minimum atomic E-state index is -3.65. The first kappa shape index (κ1) is 21.3. The van der Waals surface area contributed by atoms with Gasteiger partial charge in [0.25, 0.3) is 15.9 Å². The van der Waals surface area contributed by atoms with E-state index in [0.717, 1.165) is 11.3 Å². The van der Waals surface area contributed by atoms with Crippen molar-refractivity contribution in [3.05, 3.63) is 76.9 Å². The Kier molecular flexibility index (Phi) is 6.66. The monoisotopic (exact) mass is 444 g/mol. The SMILES string of the molecule is N#Cc1c(F)cccc1NCCNC(=O)c1ccc(NS(=O)(=O)c2cccs2)cc1. The van der Waals surface area contributed by atoms with Gasteiger partial charge in [0.15, 0.2) is 0 Å². The molecule has 3 aromatic rings. The van der Waals surface area contributed by atoms with Crippen LogP contribution in [0.15, 0.2) is 64.2 Å². The molecule has 0 radical (unpaired) electrons. The lowest BCUT2D eigenvalue weighted by molar-refractivity contribution is 0.0955. The number of carbonyl (C=O) groups excluding carboxylic acids is 1. The van der Waals surface area contributed by atoms with Crippen molar-refractivity contribution < 1.29 is 17.6 Å². The van der Waals surface area contributed by atoms with Gasteiger partial charge in [0.1, 0.15) is 21.7 Å². The predicted molar refractivity (Wildman–Crippen MR) is 114 cm³/mol. The molecule has 0 fully saturated rings. The van der Waals surface area contributed by atoms with Crippen LogP contribution in [0.5, 0.6) is 0 Å². The lowest BCUT2D eigenvalue weighted by Gasteiger charge is -2.10. The summed E-state index contributed by atoms with van der Waals surface area (Å²) in [6.45, 7) is 0.537. The minimum absolute atomic E-state index is 0.0792. The summed E-state index contributed by atoms with van der Waals surface area (Å²) in [4.78, 5) is 12.2. The van der Waals surface area contributed by atoms with Gasteiger partial charge in [-0.05, 0) is 47.8 Å². The molecule has 0 aliphatic heterocycles. The number of hydrogen-bond donors (Lipinski definition) is 3. The van der Waals surface area contributed by atoms with Crippen molar-refractivity contribution in [3.8, 4) is 6.07 Å². The van der Waals surface area contributed by atoms with Gasteiger partial charge in [-0.3, -0.25) is 9.52 Å². The van der Waals surface area contributed by atoms with E-state index in [0.29, 0.717) is 23.5 Å². The van der Waals surface area contributed by atoms with Crippen molar-refractivity contribution in [2.75, 3.05) is 23.1 Å². The van der Waals surface area contributed by atoms with Crippen molar-refractivity contribution >= 4 is 38.6 Å². The second kappa shape index (κ2) is 9.39. The molecule has 0 spiro atoms. The normalized spacial score (nSPS) is 10.8. The van der Waals surface area contributed by atoms with Gasteiger partial charge in [0.05, 0.1) is 5.69 Å². The van der Waals surface area contributed by atoms with Gasteiger partial charge in [-0.2, -0.15) is 5.26 Å². The van der Waals surface area contributed by atoms with Crippen LogP contribution in [-0.4, -0.2) is 27.4 Å². The lowest BCUT2D eigenvalue weighted by atomic mass is 10.2. The van der Waals surface area contributed by atoms with Crippen LogP contribution in [0.1, 0.15) is 15.9 Å². The summed E-state index contributed by atoms with van der Waals surface area (Å²) in [6.07, 6.45) is 0. The van der Waals surface area contributed by atoms with Crippen molar-refractivity contribution in [2.24, 2.45) is 0 Å². The topological polar surface area (TPSA) is 111 Å². The number of carbonyl (C=O) groups is 1. The fourth-order valence-electron chi connectivity index (χ4n) is 2.57. The van der Waals surface area contributed by atoms with Gasteiger partial charge in [-0.15, -0.1) is 11.3 Å². The highest BCUT2D eigenvalue weighted by Gasteiger charge is 2.15. The minimum Gasteiger partial charge on any atom is -0.382 e. The fraction of sp³-hybridized carbons (Fsp3) is 0.100. The molecule has 1 aromatic heterocycles. The van der Waals surface area contributed by atoms with Gasteiger partial charge in [-0.1, -0.05) is 12.1 Å². The second-order valence-electron chi connectivity index (χ2n) is 6.07. The Morgan fingerprint density at radius 3 is 2.50 bits per heavy atom. The van der Waals surface area contributed by atoms with Crippen molar-refractivity contribution in [3.63, 3.8) is 0 Å². The van der Waals surface area contributed by atoms with E-state index in [2.05, 4.69) is 15.4 Å². The molecule has 0 saturated heterocycles. The molecule has 0 unspecified atom stereocenters. The first-order valence-electron chi connectivity index (χ1n) is 8.78. The number of nitrogens with zero attached hydrogens (tertiary/aromatic N) is 1. The highest BCUT2D eigenvalue weighted by molar-refractivity contribution is 7.94. The number of hydrogen-bond acceptors (Lipinski definition) is 6. The van der Waals surface area contributed by atoms with Crippen molar-refractivity contribution in [2.45, 2.75) is 4.21 Å². The van der Waals surface area contributed by atoms with E-state index >= 15 is 0 Å². The van der Waals surface area contributed by atoms with E-state index in [1.54, 1.807) is 23.6 Å². The molecule has 0 bridgehead atoms. The molecular formula is C20H17FN4O3S2. The molecule has 1 heterocycles. The highest BCUT2D eigenvalue weighted by Crippen LogP contribution is 2.20. The molecule has 0 aliphatic rings. The van der Waals surface area contributed by atoms with Gasteiger partial charge in [0, 0.05) is 24.3 Å². The van der Waals surface area contributed by atoms with Crippen LogP contribution < -0.4 is 15.4 Å². The van der Waals surface area contributed by atoms with E-state index < -0.39 is 15.8 Å². The first-order valence-corrected chi connectivity index (χ1v) is 11.1. The third-order valence-electron chi connectivity index (χ3n) is 4.01. The van der Waals surface area contributed by atoms with Gasteiger partial charge >= 0.3 is 0 Å². The molecular weight excluding hydrogens is 427 g/mol. The van der Waals surface area contributed by atoms with Crippen LogP contribution in [0.4, 0.5) is 15.8 Å². The molecule has 7 nitrogen and oxygen atoms in total. The molecule has 30 heavy (non-hydrogen) atoms. The Morgan fingerprint density at radius 2 is 1.83 bits per heavy atom. The maximum absolute atomic E-state index is 13.6. The van der Waals surface area contributed by atoms with Crippen LogP contribution in [-0.2, 0) is 10.0 Å². The second-order valence-corrected chi connectivity index (χ2v) is 8.93. The maximum Gasteiger partial charge on any atom is 0.271 e. The Bertz CT molecular complexity index is 1170. The average Bonchev–Trinajstić information content (AvgIpc) is 3.27. The summed E-state index contributed by atoms with van der Waals surface area (Å²) in [5, 5.41) is 16.3. The number of nitrogens with one attached hydrogen (secondary N) is 3. The van der Waals surface area contributed by atoms with Crippen molar-refractivity contribution in [1.29, 1.82) is 5.26 Å². The van der Waals surface area contributed by atoms with E-state index in [1.807, 2.05) is 0 Å². The molecule has 154 valence electrons. The maximum atomic E-state index is 13.6. The molecule has 0 aliphatic carbocycles. The number of halogens is 1. The molecule has 3 rings (SSSR count). The van der Waals surface area contributed by atoms with Gasteiger partial charge in [0.2, 0.25) is 0 Å². The van der Waals surface area contributed by atoms with E-state index in [9.17, 15) is 17.6 Å². The zero-order valence-corrected chi connectivity index (χ0v) is 17.2. The first-order chi connectivity index (χ1) is 14.4. The molecule has 0 saturated carbocycles. The quantitative estimate of drug-likeness (QED) is 0.461.